The van der Waals surface area contributed by atoms with Crippen LogP contribution in [0.2, 0.25) is 0 Å². The number of rotatable bonds is 12. The summed E-state index contributed by atoms with van der Waals surface area (Å²) in [5.74, 6) is 1.31. The summed E-state index contributed by atoms with van der Waals surface area (Å²) in [6.07, 6.45) is 17.4. The third kappa shape index (κ3) is 7.20. The minimum Gasteiger partial charge on any atom is -0.392 e. The lowest BCUT2D eigenvalue weighted by Gasteiger charge is -2.26. The van der Waals surface area contributed by atoms with E-state index in [1.807, 2.05) is 6.08 Å². The van der Waals surface area contributed by atoms with E-state index in [1.165, 1.54) is 45.1 Å². The maximum absolute atomic E-state index is 10.5. The molecular formula is C25H43NO3. The number of morpholine rings is 1. The Bertz CT molecular complexity index is 526. The Kier molecular flexibility index (Phi) is 9.71. The van der Waals surface area contributed by atoms with Crippen LogP contribution in [0.15, 0.2) is 23.8 Å². The van der Waals surface area contributed by atoms with E-state index in [-0.39, 0.29) is 18.1 Å². The third-order valence-electron chi connectivity index (χ3n) is 7.18. The lowest BCUT2D eigenvalue weighted by molar-refractivity contribution is 0.0371. The molecule has 2 N–H and O–H groups in total. The normalized spacial score (nSPS) is 31.3. The van der Waals surface area contributed by atoms with Crippen LogP contribution in [-0.2, 0) is 4.74 Å². The van der Waals surface area contributed by atoms with E-state index in [4.69, 9.17) is 4.74 Å². The Hall–Kier alpha value is -0.680. The van der Waals surface area contributed by atoms with Gasteiger partial charge in [0.15, 0.2) is 0 Å². The molecule has 0 radical (unpaired) electrons. The van der Waals surface area contributed by atoms with E-state index in [1.54, 1.807) is 5.57 Å². The molecule has 0 aromatic rings. The van der Waals surface area contributed by atoms with Gasteiger partial charge in [0.1, 0.15) is 0 Å². The van der Waals surface area contributed by atoms with Gasteiger partial charge in [0, 0.05) is 19.0 Å². The molecule has 29 heavy (non-hydrogen) atoms. The van der Waals surface area contributed by atoms with E-state index in [0.717, 1.165) is 52.0 Å². The molecule has 5 atom stereocenters. The van der Waals surface area contributed by atoms with E-state index in [9.17, 15) is 10.2 Å². The number of unbranched alkanes of at least 4 members (excludes halogenated alkanes) is 4. The van der Waals surface area contributed by atoms with Crippen molar-refractivity contribution in [2.75, 3.05) is 32.8 Å². The molecule has 2 fully saturated rings. The van der Waals surface area contributed by atoms with Crippen molar-refractivity contribution in [2.45, 2.75) is 83.3 Å². The molecule has 4 heteroatoms. The molecule has 1 saturated carbocycles. The summed E-state index contributed by atoms with van der Waals surface area (Å²) in [5.41, 5.74) is 1.61. The summed E-state index contributed by atoms with van der Waals surface area (Å²) in [7, 11) is 0. The first-order chi connectivity index (χ1) is 14.2. The molecule has 2 aliphatic carbocycles. The molecule has 1 saturated heterocycles. The quantitative estimate of drug-likeness (QED) is 0.375. The monoisotopic (exact) mass is 405 g/mol. The smallest absolute Gasteiger partial charge is 0.0721 e. The summed E-state index contributed by atoms with van der Waals surface area (Å²) in [5, 5.41) is 20.7. The second kappa shape index (κ2) is 12.2. The molecule has 0 aromatic carbocycles. The number of hydrogen-bond acceptors (Lipinski definition) is 4. The molecular weight excluding hydrogens is 362 g/mol. The Morgan fingerprint density at radius 2 is 2.00 bits per heavy atom. The van der Waals surface area contributed by atoms with Gasteiger partial charge in [-0.05, 0) is 56.9 Å². The van der Waals surface area contributed by atoms with Crippen LogP contribution in [0.4, 0.5) is 0 Å². The molecule has 1 heterocycles. The van der Waals surface area contributed by atoms with Gasteiger partial charge in [-0.3, -0.25) is 4.90 Å². The standard InChI is InChI=1S/C25H43NO3/c1-2-3-5-9-22(27)10-11-23-24-18-20(17-21(24)19-25(23)28)8-6-4-7-12-26-13-15-29-16-14-26/h10-11,17,21-25,27-28H,2-9,12-16,18-19H2,1H3/t21-,22-,23+,24-,25+/m0/s1. The van der Waals surface area contributed by atoms with E-state index in [2.05, 4.69) is 24.0 Å². The van der Waals surface area contributed by atoms with Crippen molar-refractivity contribution in [3.63, 3.8) is 0 Å². The van der Waals surface area contributed by atoms with Gasteiger partial charge in [-0.1, -0.05) is 56.4 Å². The van der Waals surface area contributed by atoms with Crippen molar-refractivity contribution < 1.29 is 14.9 Å². The summed E-state index contributed by atoms with van der Waals surface area (Å²) in [6, 6.07) is 0. The van der Waals surface area contributed by atoms with Crippen LogP contribution in [0.5, 0.6) is 0 Å². The Labute approximate surface area is 178 Å². The lowest BCUT2D eigenvalue weighted by Crippen LogP contribution is -2.36. The topological polar surface area (TPSA) is 52.9 Å². The van der Waals surface area contributed by atoms with Gasteiger partial charge in [0.25, 0.3) is 0 Å². The largest absolute Gasteiger partial charge is 0.392 e. The molecule has 0 unspecified atom stereocenters. The second-order valence-corrected chi connectivity index (χ2v) is 9.45. The first-order valence-electron chi connectivity index (χ1n) is 12.2. The number of aliphatic hydroxyl groups excluding tert-OH is 2. The Morgan fingerprint density at radius 1 is 1.17 bits per heavy atom. The number of ether oxygens (including phenoxy) is 1. The number of allylic oxidation sites excluding steroid dienone is 2. The maximum atomic E-state index is 10.5. The van der Waals surface area contributed by atoms with Gasteiger partial charge in [-0.2, -0.15) is 0 Å². The zero-order valence-corrected chi connectivity index (χ0v) is 18.5. The van der Waals surface area contributed by atoms with Gasteiger partial charge in [-0.25, -0.2) is 0 Å². The summed E-state index contributed by atoms with van der Waals surface area (Å²) in [4.78, 5) is 2.53. The lowest BCUT2D eigenvalue weighted by atomic mass is 9.88. The third-order valence-corrected chi connectivity index (χ3v) is 7.18. The van der Waals surface area contributed by atoms with Gasteiger partial charge >= 0.3 is 0 Å². The van der Waals surface area contributed by atoms with Crippen LogP contribution >= 0.6 is 0 Å². The van der Waals surface area contributed by atoms with Crippen molar-refractivity contribution in [3.8, 4) is 0 Å². The fourth-order valence-corrected chi connectivity index (χ4v) is 5.44. The van der Waals surface area contributed by atoms with Gasteiger partial charge in [0.2, 0.25) is 0 Å². The zero-order valence-electron chi connectivity index (χ0n) is 18.5. The summed E-state index contributed by atoms with van der Waals surface area (Å²) >= 11 is 0. The zero-order chi connectivity index (χ0) is 20.5. The predicted molar refractivity (Wildman–Crippen MR) is 119 cm³/mol. The Balaban J connectivity index is 1.34. The minimum atomic E-state index is -0.354. The molecule has 0 bridgehead atoms. The van der Waals surface area contributed by atoms with Crippen molar-refractivity contribution in [1.29, 1.82) is 0 Å². The van der Waals surface area contributed by atoms with Crippen LogP contribution < -0.4 is 0 Å². The van der Waals surface area contributed by atoms with E-state index >= 15 is 0 Å². The molecule has 4 nitrogen and oxygen atoms in total. The molecule has 3 aliphatic rings. The summed E-state index contributed by atoms with van der Waals surface area (Å²) < 4.78 is 5.41. The highest BCUT2D eigenvalue weighted by molar-refractivity contribution is 5.21. The first kappa shape index (κ1) is 23.0. The van der Waals surface area contributed by atoms with Crippen molar-refractivity contribution in [1.82, 2.24) is 4.90 Å². The van der Waals surface area contributed by atoms with Crippen LogP contribution in [0.3, 0.4) is 0 Å². The molecule has 1 aliphatic heterocycles. The molecule has 0 spiro atoms. The highest BCUT2D eigenvalue weighted by Crippen LogP contribution is 2.48. The van der Waals surface area contributed by atoms with E-state index in [0.29, 0.717) is 11.8 Å². The number of hydrogen-bond donors (Lipinski definition) is 2. The highest BCUT2D eigenvalue weighted by Gasteiger charge is 2.43. The Morgan fingerprint density at radius 3 is 2.79 bits per heavy atom. The summed E-state index contributed by atoms with van der Waals surface area (Å²) in [6.45, 7) is 7.39. The molecule has 0 amide bonds. The van der Waals surface area contributed by atoms with Crippen molar-refractivity contribution in [2.24, 2.45) is 17.8 Å². The van der Waals surface area contributed by atoms with Crippen LogP contribution in [0, 0.1) is 17.8 Å². The average molecular weight is 406 g/mol. The van der Waals surface area contributed by atoms with Crippen LogP contribution in [0.1, 0.15) is 71.1 Å². The van der Waals surface area contributed by atoms with Crippen molar-refractivity contribution in [3.05, 3.63) is 23.8 Å². The first-order valence-corrected chi connectivity index (χ1v) is 12.2. The van der Waals surface area contributed by atoms with Gasteiger partial charge in [-0.15, -0.1) is 0 Å². The second-order valence-electron chi connectivity index (χ2n) is 9.45. The number of fused-ring (bicyclic) bond motifs is 1. The molecule has 166 valence electrons. The SMILES string of the molecule is CCCCC[C@H](O)C=C[C@@H]1[C@H]2CC(CCCCCN3CCOCC3)=C[C@H]2C[C@H]1O. The fraction of sp³-hybridized carbons (Fsp3) is 0.840. The number of aliphatic hydroxyl groups is 2. The average Bonchev–Trinajstić information content (AvgIpc) is 3.23. The molecule has 0 aromatic heterocycles. The van der Waals surface area contributed by atoms with Gasteiger partial charge in [0.05, 0.1) is 25.4 Å². The van der Waals surface area contributed by atoms with Crippen LogP contribution in [0.25, 0.3) is 0 Å². The fourth-order valence-electron chi connectivity index (χ4n) is 5.44. The number of nitrogens with zero attached hydrogens (tertiary/aromatic N) is 1. The highest BCUT2D eigenvalue weighted by atomic mass is 16.5. The van der Waals surface area contributed by atoms with Gasteiger partial charge < -0.3 is 14.9 Å². The van der Waals surface area contributed by atoms with E-state index < -0.39 is 0 Å². The minimum absolute atomic E-state index is 0.218. The predicted octanol–water partition coefficient (Wildman–Crippen LogP) is 4.32. The van der Waals surface area contributed by atoms with Crippen molar-refractivity contribution >= 4 is 0 Å². The van der Waals surface area contributed by atoms with Crippen LogP contribution in [-0.4, -0.2) is 60.2 Å². The maximum Gasteiger partial charge on any atom is 0.0721 e. The molecule has 3 rings (SSSR count).